The van der Waals surface area contributed by atoms with E-state index in [2.05, 4.69) is 4.74 Å². The van der Waals surface area contributed by atoms with Crippen LogP contribution in [0.4, 0.5) is 8.78 Å². The average molecular weight is 222 g/mol. The minimum Gasteiger partial charge on any atom is -0.481 e. The Hall–Kier alpha value is -0.710. The molecular formula is C10H16F2O3. The van der Waals surface area contributed by atoms with Gasteiger partial charge in [0.2, 0.25) is 0 Å². The number of aliphatic carboxylic acids is 1. The Bertz CT molecular complexity index is 217. The largest absolute Gasteiger partial charge is 0.481 e. The third-order valence-electron chi connectivity index (χ3n) is 3.20. The second-order valence-electron chi connectivity index (χ2n) is 4.08. The molecular weight excluding hydrogens is 206 g/mol. The fraction of sp³-hybridized carbons (Fsp3) is 0.900. The molecule has 1 fully saturated rings. The second kappa shape index (κ2) is 5.39. The van der Waals surface area contributed by atoms with E-state index in [1.54, 1.807) is 6.92 Å². The lowest BCUT2D eigenvalue weighted by atomic mass is 9.71. The molecule has 15 heavy (non-hydrogen) atoms. The van der Waals surface area contributed by atoms with Crippen LogP contribution in [0.5, 0.6) is 0 Å². The minimum absolute atomic E-state index is 0.157. The Morgan fingerprint density at radius 3 is 2.47 bits per heavy atom. The molecule has 0 spiro atoms. The summed E-state index contributed by atoms with van der Waals surface area (Å²) >= 11 is 0. The van der Waals surface area contributed by atoms with Crippen LogP contribution in [-0.2, 0) is 9.53 Å². The highest BCUT2D eigenvalue weighted by atomic mass is 19.3. The van der Waals surface area contributed by atoms with Crippen molar-refractivity contribution in [3.8, 4) is 0 Å². The van der Waals surface area contributed by atoms with E-state index in [0.717, 1.165) is 19.3 Å². The first kappa shape index (κ1) is 12.4. The maximum absolute atomic E-state index is 11.9. The van der Waals surface area contributed by atoms with Gasteiger partial charge in [0.25, 0.3) is 0 Å². The van der Waals surface area contributed by atoms with Crippen molar-refractivity contribution in [2.75, 3.05) is 6.61 Å². The molecule has 88 valence electrons. The summed E-state index contributed by atoms with van der Waals surface area (Å²) in [5.41, 5.74) is 0. The smallest absolute Gasteiger partial charge is 0.345 e. The van der Waals surface area contributed by atoms with E-state index in [0.29, 0.717) is 0 Å². The summed E-state index contributed by atoms with van der Waals surface area (Å²) in [6.45, 7) is -1.41. The lowest BCUT2D eigenvalue weighted by molar-refractivity contribution is -0.161. The van der Waals surface area contributed by atoms with Crippen molar-refractivity contribution >= 4 is 5.97 Å². The van der Waals surface area contributed by atoms with Crippen LogP contribution in [0.3, 0.4) is 0 Å². The van der Waals surface area contributed by atoms with E-state index in [-0.39, 0.29) is 18.4 Å². The van der Waals surface area contributed by atoms with E-state index in [9.17, 15) is 13.6 Å². The van der Waals surface area contributed by atoms with Crippen molar-refractivity contribution in [3.63, 3.8) is 0 Å². The fourth-order valence-electron chi connectivity index (χ4n) is 1.92. The predicted octanol–water partition coefficient (Wildman–Crippen LogP) is 2.36. The third kappa shape index (κ3) is 3.41. The van der Waals surface area contributed by atoms with Gasteiger partial charge in [0.1, 0.15) is 0 Å². The van der Waals surface area contributed by atoms with Gasteiger partial charge in [-0.2, -0.15) is 8.78 Å². The Balaban J connectivity index is 2.48. The van der Waals surface area contributed by atoms with E-state index >= 15 is 0 Å². The van der Waals surface area contributed by atoms with Crippen molar-refractivity contribution in [3.05, 3.63) is 0 Å². The molecule has 1 rings (SSSR count). The van der Waals surface area contributed by atoms with Crippen molar-refractivity contribution in [2.45, 2.75) is 32.8 Å². The average Bonchev–Trinajstić information content (AvgIpc) is 2.07. The summed E-state index contributed by atoms with van der Waals surface area (Å²) in [5, 5.41) is 8.84. The van der Waals surface area contributed by atoms with Crippen LogP contribution in [-0.4, -0.2) is 24.3 Å². The number of rotatable bonds is 6. The normalized spacial score (nSPS) is 21.1. The van der Waals surface area contributed by atoms with Crippen molar-refractivity contribution < 1.29 is 23.4 Å². The van der Waals surface area contributed by atoms with E-state index in [4.69, 9.17) is 5.11 Å². The Morgan fingerprint density at radius 1 is 1.53 bits per heavy atom. The zero-order valence-corrected chi connectivity index (χ0v) is 8.66. The summed E-state index contributed by atoms with van der Waals surface area (Å²) in [4.78, 5) is 10.8. The van der Waals surface area contributed by atoms with E-state index in [1.165, 1.54) is 0 Å². The highest BCUT2D eigenvalue weighted by Crippen LogP contribution is 2.37. The monoisotopic (exact) mass is 222 g/mol. The number of alkyl halides is 2. The summed E-state index contributed by atoms with van der Waals surface area (Å²) in [7, 11) is 0. The molecule has 5 heteroatoms. The fourth-order valence-corrected chi connectivity index (χ4v) is 1.92. The SMILES string of the molecule is CC(C(=O)O)C(COC(F)F)C1CCC1. The van der Waals surface area contributed by atoms with Crippen LogP contribution in [0.25, 0.3) is 0 Å². The van der Waals surface area contributed by atoms with Crippen LogP contribution in [0.15, 0.2) is 0 Å². The molecule has 1 saturated carbocycles. The maximum Gasteiger partial charge on any atom is 0.345 e. The van der Waals surface area contributed by atoms with Gasteiger partial charge < -0.3 is 9.84 Å². The first-order valence-electron chi connectivity index (χ1n) is 5.15. The number of halogens is 2. The highest BCUT2D eigenvalue weighted by Gasteiger charge is 2.35. The quantitative estimate of drug-likeness (QED) is 0.750. The predicted molar refractivity (Wildman–Crippen MR) is 49.6 cm³/mol. The molecule has 0 radical (unpaired) electrons. The van der Waals surface area contributed by atoms with Crippen LogP contribution in [0.1, 0.15) is 26.2 Å². The molecule has 0 aromatic heterocycles. The molecule has 0 amide bonds. The second-order valence-corrected chi connectivity index (χ2v) is 4.08. The molecule has 0 heterocycles. The maximum atomic E-state index is 11.9. The molecule has 0 aromatic carbocycles. The summed E-state index contributed by atoms with van der Waals surface area (Å²) < 4.78 is 28.0. The van der Waals surface area contributed by atoms with E-state index < -0.39 is 18.5 Å². The molecule has 2 unspecified atom stereocenters. The first-order chi connectivity index (χ1) is 7.02. The number of carboxylic acids is 1. The number of ether oxygens (including phenoxy) is 1. The van der Waals surface area contributed by atoms with Crippen LogP contribution >= 0.6 is 0 Å². The standard InChI is InChI=1S/C10H16F2O3/c1-6(9(13)14)8(5-15-10(11)12)7-3-2-4-7/h6-8,10H,2-5H2,1H3,(H,13,14). The van der Waals surface area contributed by atoms with Gasteiger partial charge in [-0.25, -0.2) is 0 Å². The molecule has 3 nitrogen and oxygen atoms in total. The van der Waals surface area contributed by atoms with Crippen molar-refractivity contribution in [2.24, 2.45) is 17.8 Å². The van der Waals surface area contributed by atoms with Gasteiger partial charge in [-0.1, -0.05) is 26.2 Å². The van der Waals surface area contributed by atoms with Gasteiger partial charge in [-0.05, 0) is 11.8 Å². The third-order valence-corrected chi connectivity index (χ3v) is 3.20. The van der Waals surface area contributed by atoms with Gasteiger partial charge in [0.05, 0.1) is 12.5 Å². The van der Waals surface area contributed by atoms with Crippen molar-refractivity contribution in [1.29, 1.82) is 0 Å². The Morgan fingerprint density at radius 2 is 2.13 bits per heavy atom. The molecule has 1 aliphatic rings. The summed E-state index contributed by atoms with van der Waals surface area (Å²) in [5.74, 6) is -1.61. The molecule has 0 aromatic rings. The summed E-state index contributed by atoms with van der Waals surface area (Å²) in [6, 6.07) is 0. The van der Waals surface area contributed by atoms with Gasteiger partial charge in [0.15, 0.2) is 0 Å². The molecule has 0 saturated heterocycles. The minimum atomic E-state index is -2.81. The van der Waals surface area contributed by atoms with Gasteiger partial charge in [-0.3, -0.25) is 4.79 Å². The first-order valence-corrected chi connectivity index (χ1v) is 5.15. The lowest BCUT2D eigenvalue weighted by Crippen LogP contribution is -2.35. The molecule has 1 aliphatic carbocycles. The van der Waals surface area contributed by atoms with E-state index in [1.807, 2.05) is 0 Å². The van der Waals surface area contributed by atoms with Crippen LogP contribution in [0, 0.1) is 17.8 Å². The van der Waals surface area contributed by atoms with Crippen LogP contribution in [0.2, 0.25) is 0 Å². The van der Waals surface area contributed by atoms with Crippen LogP contribution < -0.4 is 0 Å². The number of hydrogen-bond acceptors (Lipinski definition) is 2. The molecule has 1 N–H and O–H groups in total. The number of carboxylic acid groups (broad SMARTS) is 1. The van der Waals surface area contributed by atoms with Crippen molar-refractivity contribution in [1.82, 2.24) is 0 Å². The Labute approximate surface area is 87.4 Å². The van der Waals surface area contributed by atoms with Gasteiger partial charge >= 0.3 is 12.6 Å². The number of hydrogen-bond donors (Lipinski definition) is 1. The summed E-state index contributed by atoms with van der Waals surface area (Å²) in [6.07, 6.45) is 2.91. The zero-order chi connectivity index (χ0) is 11.4. The topological polar surface area (TPSA) is 46.5 Å². The zero-order valence-electron chi connectivity index (χ0n) is 8.66. The molecule has 0 aliphatic heterocycles. The van der Waals surface area contributed by atoms with Gasteiger partial charge in [-0.15, -0.1) is 0 Å². The lowest BCUT2D eigenvalue weighted by Gasteiger charge is -2.35. The highest BCUT2D eigenvalue weighted by molar-refractivity contribution is 5.69. The molecule has 0 bridgehead atoms. The van der Waals surface area contributed by atoms with Gasteiger partial charge in [0, 0.05) is 0 Å². The molecule has 2 atom stereocenters. The number of carbonyl (C=O) groups is 1. The Kier molecular flexibility index (Phi) is 4.45.